The Balaban J connectivity index is 3.15. The molecule has 0 atom stereocenters. The molecular weight excluding hydrogens is 251 g/mol. The molecule has 0 amide bonds. The molecule has 0 radical (unpaired) electrons. The number of nitrogens with zero attached hydrogens (tertiary/aromatic N) is 1. The van der Waals surface area contributed by atoms with Gasteiger partial charge in [0.05, 0.1) is 26.3 Å². The van der Waals surface area contributed by atoms with Crippen LogP contribution in [0.5, 0.6) is 5.75 Å². The Bertz CT molecular complexity index is 438. The maximum absolute atomic E-state index is 13.8. The van der Waals surface area contributed by atoms with Gasteiger partial charge in [-0.15, -0.1) is 0 Å². The van der Waals surface area contributed by atoms with Crippen molar-refractivity contribution in [2.45, 2.75) is 19.8 Å². The van der Waals surface area contributed by atoms with Gasteiger partial charge in [0.25, 0.3) is 6.43 Å². The van der Waals surface area contributed by atoms with Crippen molar-refractivity contribution in [2.75, 3.05) is 13.7 Å². The summed E-state index contributed by atoms with van der Waals surface area (Å²) in [6, 6.07) is 0. The molecule has 0 aliphatic rings. The third-order valence-corrected chi connectivity index (χ3v) is 2.16. The van der Waals surface area contributed by atoms with E-state index in [0.717, 1.165) is 6.20 Å². The lowest BCUT2D eigenvalue weighted by molar-refractivity contribution is -0.142. The molecule has 0 aliphatic heterocycles. The van der Waals surface area contributed by atoms with Gasteiger partial charge in [-0.3, -0.25) is 9.78 Å². The van der Waals surface area contributed by atoms with Gasteiger partial charge in [-0.25, -0.2) is 13.2 Å². The Kier molecular flexibility index (Phi) is 4.94. The van der Waals surface area contributed by atoms with Gasteiger partial charge in [-0.05, 0) is 6.92 Å². The van der Waals surface area contributed by atoms with E-state index in [1.54, 1.807) is 6.92 Å². The molecule has 1 aromatic rings. The highest BCUT2D eigenvalue weighted by Crippen LogP contribution is 2.28. The molecule has 0 unspecified atom stereocenters. The molecule has 4 nitrogen and oxygen atoms in total. The molecule has 0 spiro atoms. The second-order valence-corrected chi connectivity index (χ2v) is 3.29. The number of pyridine rings is 1. The summed E-state index contributed by atoms with van der Waals surface area (Å²) in [6.07, 6.45) is -2.73. The van der Waals surface area contributed by atoms with Crippen molar-refractivity contribution < 1.29 is 27.4 Å². The van der Waals surface area contributed by atoms with Crippen LogP contribution in [0.15, 0.2) is 6.20 Å². The van der Waals surface area contributed by atoms with Crippen LogP contribution in [0.4, 0.5) is 13.2 Å². The highest BCUT2D eigenvalue weighted by Gasteiger charge is 2.24. The average Bonchev–Trinajstić information content (AvgIpc) is 2.31. The smallest absolute Gasteiger partial charge is 0.310 e. The van der Waals surface area contributed by atoms with Crippen LogP contribution >= 0.6 is 0 Å². The van der Waals surface area contributed by atoms with Crippen LogP contribution in [-0.4, -0.2) is 24.7 Å². The molecule has 0 aliphatic carbocycles. The lowest BCUT2D eigenvalue weighted by atomic mass is 10.1. The van der Waals surface area contributed by atoms with Crippen LogP contribution in [0.3, 0.4) is 0 Å². The minimum absolute atomic E-state index is 0.0852. The average molecular weight is 263 g/mol. The Morgan fingerprint density at radius 3 is 2.67 bits per heavy atom. The number of alkyl halides is 2. The normalized spacial score (nSPS) is 10.6. The van der Waals surface area contributed by atoms with Gasteiger partial charge < -0.3 is 9.47 Å². The number of rotatable bonds is 5. The molecule has 0 bridgehead atoms. The maximum atomic E-state index is 13.8. The van der Waals surface area contributed by atoms with Crippen LogP contribution in [0, 0.1) is 5.82 Å². The van der Waals surface area contributed by atoms with Gasteiger partial charge >= 0.3 is 5.97 Å². The Morgan fingerprint density at radius 2 is 2.17 bits per heavy atom. The quantitative estimate of drug-likeness (QED) is 0.765. The van der Waals surface area contributed by atoms with Crippen LogP contribution < -0.4 is 4.74 Å². The van der Waals surface area contributed by atoms with Crippen LogP contribution in [0.1, 0.15) is 24.6 Å². The van der Waals surface area contributed by atoms with E-state index in [-0.39, 0.29) is 12.4 Å². The number of hydrogen-bond donors (Lipinski definition) is 0. The molecule has 0 N–H and O–H groups in total. The van der Waals surface area contributed by atoms with Crippen LogP contribution in [-0.2, 0) is 16.0 Å². The summed E-state index contributed by atoms with van der Waals surface area (Å²) in [4.78, 5) is 14.6. The number of ether oxygens (including phenoxy) is 2. The molecule has 7 heteroatoms. The van der Waals surface area contributed by atoms with E-state index < -0.39 is 35.9 Å². The number of aromatic nitrogens is 1. The molecule has 0 saturated carbocycles. The first-order valence-corrected chi connectivity index (χ1v) is 5.16. The van der Waals surface area contributed by atoms with E-state index in [9.17, 15) is 18.0 Å². The van der Waals surface area contributed by atoms with E-state index in [1.165, 1.54) is 7.11 Å². The maximum Gasteiger partial charge on any atom is 0.310 e. The summed E-state index contributed by atoms with van der Waals surface area (Å²) in [5, 5.41) is 0. The standard InChI is InChI=1S/C11H12F3NO3/c1-3-18-8(16)4-6-9(12)7(17-2)5-15-10(6)11(13)14/h5,11H,3-4H2,1-2H3. The van der Waals surface area contributed by atoms with Crippen LogP contribution in [0.25, 0.3) is 0 Å². The third kappa shape index (κ3) is 3.12. The summed E-state index contributed by atoms with van der Waals surface area (Å²) in [5.74, 6) is -2.11. The Hall–Kier alpha value is -1.79. The monoisotopic (exact) mass is 263 g/mol. The second-order valence-electron chi connectivity index (χ2n) is 3.29. The van der Waals surface area contributed by atoms with Crippen molar-refractivity contribution in [3.63, 3.8) is 0 Å². The van der Waals surface area contributed by atoms with Gasteiger partial charge in [0.1, 0.15) is 5.69 Å². The third-order valence-electron chi connectivity index (χ3n) is 2.16. The fourth-order valence-corrected chi connectivity index (χ4v) is 1.38. The van der Waals surface area contributed by atoms with Crippen molar-refractivity contribution in [1.29, 1.82) is 0 Å². The molecule has 0 aromatic carbocycles. The molecule has 1 rings (SSSR count). The summed E-state index contributed by atoms with van der Waals surface area (Å²) < 4.78 is 48.3. The molecule has 0 saturated heterocycles. The number of carbonyl (C=O) groups excluding carboxylic acids is 1. The highest BCUT2D eigenvalue weighted by molar-refractivity contribution is 5.73. The molecular formula is C11H12F3NO3. The topological polar surface area (TPSA) is 48.4 Å². The van der Waals surface area contributed by atoms with Gasteiger partial charge in [0.2, 0.25) is 0 Å². The van der Waals surface area contributed by atoms with Gasteiger partial charge in [0.15, 0.2) is 11.6 Å². The zero-order valence-electron chi connectivity index (χ0n) is 9.87. The number of methoxy groups -OCH3 is 1. The van der Waals surface area contributed by atoms with Crippen molar-refractivity contribution in [2.24, 2.45) is 0 Å². The Morgan fingerprint density at radius 1 is 1.50 bits per heavy atom. The molecule has 1 aromatic heterocycles. The first kappa shape index (κ1) is 14.3. The minimum atomic E-state index is -2.98. The molecule has 18 heavy (non-hydrogen) atoms. The molecule has 0 fully saturated rings. The van der Waals surface area contributed by atoms with Crippen molar-refractivity contribution >= 4 is 5.97 Å². The van der Waals surface area contributed by atoms with E-state index in [2.05, 4.69) is 14.5 Å². The highest BCUT2D eigenvalue weighted by atomic mass is 19.3. The summed E-state index contributed by atoms with van der Waals surface area (Å²) >= 11 is 0. The predicted octanol–water partition coefficient (Wildman–Crippen LogP) is 2.27. The number of esters is 1. The van der Waals surface area contributed by atoms with E-state index in [0.29, 0.717) is 0 Å². The van der Waals surface area contributed by atoms with Gasteiger partial charge in [-0.1, -0.05) is 0 Å². The zero-order chi connectivity index (χ0) is 13.7. The Labute approximate surface area is 102 Å². The second kappa shape index (κ2) is 6.23. The van der Waals surface area contributed by atoms with E-state index >= 15 is 0 Å². The van der Waals surface area contributed by atoms with E-state index in [4.69, 9.17) is 0 Å². The fourth-order valence-electron chi connectivity index (χ4n) is 1.38. The summed E-state index contributed by atoms with van der Waals surface area (Å²) in [7, 11) is 1.18. The van der Waals surface area contributed by atoms with Crippen LogP contribution in [0.2, 0.25) is 0 Å². The summed E-state index contributed by atoms with van der Waals surface area (Å²) in [5.41, 5.74) is -1.27. The number of halogens is 3. The number of carbonyl (C=O) groups is 1. The zero-order valence-corrected chi connectivity index (χ0v) is 9.87. The SMILES string of the molecule is CCOC(=O)Cc1c(C(F)F)ncc(OC)c1F. The van der Waals surface area contributed by atoms with Crippen molar-refractivity contribution in [3.05, 3.63) is 23.3 Å². The van der Waals surface area contributed by atoms with Crippen molar-refractivity contribution in [1.82, 2.24) is 4.98 Å². The fraction of sp³-hybridized carbons (Fsp3) is 0.455. The first-order valence-electron chi connectivity index (χ1n) is 5.16. The lowest BCUT2D eigenvalue weighted by Gasteiger charge is -2.11. The van der Waals surface area contributed by atoms with Gasteiger partial charge in [0, 0.05) is 5.56 Å². The largest absolute Gasteiger partial charge is 0.492 e. The summed E-state index contributed by atoms with van der Waals surface area (Å²) in [6.45, 7) is 1.65. The molecule has 100 valence electrons. The van der Waals surface area contributed by atoms with E-state index in [1.807, 2.05) is 0 Å². The number of hydrogen-bond acceptors (Lipinski definition) is 4. The predicted molar refractivity (Wildman–Crippen MR) is 56.0 cm³/mol. The minimum Gasteiger partial charge on any atom is -0.492 e. The first-order chi connectivity index (χ1) is 8.51. The van der Waals surface area contributed by atoms with Gasteiger partial charge in [-0.2, -0.15) is 0 Å². The van der Waals surface area contributed by atoms with Crippen molar-refractivity contribution in [3.8, 4) is 5.75 Å². The molecule has 1 heterocycles. The lowest BCUT2D eigenvalue weighted by Crippen LogP contribution is -2.13.